The van der Waals surface area contributed by atoms with E-state index in [0.29, 0.717) is 17.3 Å². The Kier molecular flexibility index (Phi) is 4.06. The summed E-state index contributed by atoms with van der Waals surface area (Å²) in [5.41, 5.74) is 0.867. The Morgan fingerprint density at radius 1 is 1.21 bits per heavy atom. The van der Waals surface area contributed by atoms with Gasteiger partial charge in [0.05, 0.1) is 5.60 Å². The first-order valence-electron chi connectivity index (χ1n) is 8.23. The number of nitrogens with zero attached hydrogens (tertiary/aromatic N) is 2. The lowest BCUT2D eigenvalue weighted by Crippen LogP contribution is -2.57. The van der Waals surface area contributed by atoms with Crippen molar-refractivity contribution >= 4 is 17.5 Å². The van der Waals surface area contributed by atoms with Gasteiger partial charge in [-0.15, -0.1) is 0 Å². The highest BCUT2D eigenvalue weighted by Crippen LogP contribution is 2.38. The molecule has 1 aromatic carbocycles. The molecule has 7 heteroatoms. The Morgan fingerprint density at radius 3 is 2.62 bits per heavy atom. The van der Waals surface area contributed by atoms with E-state index in [1.54, 1.807) is 4.90 Å². The lowest BCUT2D eigenvalue weighted by atomic mass is 9.89. The number of likely N-dealkylation sites (N-methyl/N-ethyl adjacent to an activating group) is 1. The molecular weight excluding hydrogens is 332 g/mol. The van der Waals surface area contributed by atoms with Crippen LogP contribution in [0.1, 0.15) is 18.4 Å². The smallest absolute Gasteiger partial charge is 0.248 e. The molecule has 0 radical (unpaired) electrons. The third kappa shape index (κ3) is 2.94. The van der Waals surface area contributed by atoms with Crippen LogP contribution in [0.4, 0.5) is 0 Å². The van der Waals surface area contributed by atoms with Gasteiger partial charge in [0.25, 0.3) is 0 Å². The minimum absolute atomic E-state index is 0.0650. The second-order valence-corrected chi connectivity index (χ2v) is 7.20. The molecular formula is C17H21ClN2O4. The van der Waals surface area contributed by atoms with Crippen LogP contribution in [0.2, 0.25) is 5.02 Å². The SMILES string of the molecule is CN1CC2(CCN(Cc3cc4c(cc3Cl)OCO4)CC2)OCC1=O. The summed E-state index contributed by atoms with van der Waals surface area (Å²) in [7, 11) is 1.85. The van der Waals surface area contributed by atoms with E-state index in [2.05, 4.69) is 4.90 Å². The van der Waals surface area contributed by atoms with E-state index in [4.69, 9.17) is 25.8 Å². The van der Waals surface area contributed by atoms with Crippen molar-refractivity contribution in [2.24, 2.45) is 0 Å². The highest BCUT2D eigenvalue weighted by atomic mass is 35.5. The van der Waals surface area contributed by atoms with Gasteiger partial charge in [0.1, 0.15) is 6.61 Å². The fourth-order valence-electron chi connectivity index (χ4n) is 3.63. The van der Waals surface area contributed by atoms with Gasteiger partial charge in [-0.25, -0.2) is 0 Å². The summed E-state index contributed by atoms with van der Waals surface area (Å²) in [6.45, 7) is 3.76. The molecule has 1 aromatic rings. The third-order valence-corrected chi connectivity index (χ3v) is 5.51. The number of likely N-dealkylation sites (tertiary alicyclic amines) is 1. The number of morpholine rings is 1. The molecule has 3 aliphatic rings. The summed E-state index contributed by atoms with van der Waals surface area (Å²) in [5.74, 6) is 1.54. The number of carbonyl (C=O) groups is 1. The molecule has 2 fully saturated rings. The van der Waals surface area contributed by atoms with Crippen LogP contribution < -0.4 is 9.47 Å². The van der Waals surface area contributed by atoms with Crippen molar-refractivity contribution in [2.45, 2.75) is 25.0 Å². The molecule has 3 aliphatic heterocycles. The van der Waals surface area contributed by atoms with Crippen molar-refractivity contribution in [3.05, 3.63) is 22.7 Å². The molecule has 1 spiro atoms. The van der Waals surface area contributed by atoms with Gasteiger partial charge in [-0.1, -0.05) is 11.6 Å². The normalized spacial score (nSPS) is 23.1. The average molecular weight is 353 g/mol. The maximum Gasteiger partial charge on any atom is 0.248 e. The first-order chi connectivity index (χ1) is 11.5. The summed E-state index contributed by atoms with van der Waals surface area (Å²) in [4.78, 5) is 15.8. The number of fused-ring (bicyclic) bond motifs is 1. The minimum atomic E-state index is -0.183. The van der Waals surface area contributed by atoms with Gasteiger partial charge in [0, 0.05) is 44.3 Å². The highest BCUT2D eigenvalue weighted by molar-refractivity contribution is 6.31. The average Bonchev–Trinajstić information content (AvgIpc) is 3.01. The number of piperidine rings is 1. The second kappa shape index (κ2) is 6.10. The molecule has 0 aromatic heterocycles. The van der Waals surface area contributed by atoms with Gasteiger partial charge in [-0.3, -0.25) is 9.69 Å². The maximum atomic E-state index is 11.6. The quantitative estimate of drug-likeness (QED) is 0.813. The van der Waals surface area contributed by atoms with Crippen LogP contribution in [-0.4, -0.2) is 61.4 Å². The largest absolute Gasteiger partial charge is 0.454 e. The third-order valence-electron chi connectivity index (χ3n) is 5.16. The van der Waals surface area contributed by atoms with Crippen LogP contribution in [0, 0.1) is 0 Å². The number of hydrogen-bond donors (Lipinski definition) is 0. The lowest BCUT2D eigenvalue weighted by molar-refractivity contribution is -0.169. The van der Waals surface area contributed by atoms with Crippen LogP contribution in [0.15, 0.2) is 12.1 Å². The standard InChI is InChI=1S/C17H21ClN2O4/c1-19-10-17(24-9-16(19)21)2-4-20(5-3-17)8-12-6-14-15(7-13(12)18)23-11-22-14/h6-7H,2-5,8-11H2,1H3. The summed E-state index contributed by atoms with van der Waals surface area (Å²) in [6.07, 6.45) is 1.85. The first-order valence-corrected chi connectivity index (χ1v) is 8.61. The van der Waals surface area contributed by atoms with E-state index >= 15 is 0 Å². The molecule has 130 valence electrons. The molecule has 0 unspecified atom stereocenters. The molecule has 0 bridgehead atoms. The van der Waals surface area contributed by atoms with Gasteiger partial charge in [0.2, 0.25) is 12.7 Å². The molecule has 3 heterocycles. The second-order valence-electron chi connectivity index (χ2n) is 6.79. The Balaban J connectivity index is 1.39. The minimum Gasteiger partial charge on any atom is -0.454 e. The molecule has 1 amide bonds. The summed E-state index contributed by atoms with van der Waals surface area (Å²) < 4.78 is 16.7. The molecule has 0 aliphatic carbocycles. The summed E-state index contributed by atoms with van der Waals surface area (Å²) >= 11 is 6.37. The van der Waals surface area contributed by atoms with Crippen molar-refractivity contribution < 1.29 is 19.0 Å². The molecule has 0 atom stereocenters. The Morgan fingerprint density at radius 2 is 1.92 bits per heavy atom. The number of benzene rings is 1. The molecule has 0 N–H and O–H groups in total. The number of carbonyl (C=O) groups excluding carboxylic acids is 1. The van der Waals surface area contributed by atoms with Crippen molar-refractivity contribution in [3.63, 3.8) is 0 Å². The van der Waals surface area contributed by atoms with Crippen LogP contribution in [-0.2, 0) is 16.1 Å². The van der Waals surface area contributed by atoms with Gasteiger partial charge in [0.15, 0.2) is 11.5 Å². The topological polar surface area (TPSA) is 51.2 Å². The van der Waals surface area contributed by atoms with E-state index in [1.807, 2.05) is 19.2 Å². The molecule has 4 rings (SSSR count). The Bertz CT molecular complexity index is 658. The fourth-order valence-corrected chi connectivity index (χ4v) is 3.85. The highest BCUT2D eigenvalue weighted by Gasteiger charge is 2.41. The lowest BCUT2D eigenvalue weighted by Gasteiger charge is -2.46. The number of halogens is 1. The zero-order valence-corrected chi connectivity index (χ0v) is 14.5. The van der Waals surface area contributed by atoms with E-state index in [9.17, 15) is 4.79 Å². The van der Waals surface area contributed by atoms with Gasteiger partial charge < -0.3 is 19.1 Å². The molecule has 0 saturated carbocycles. The first kappa shape index (κ1) is 16.0. The van der Waals surface area contributed by atoms with Crippen LogP contribution in [0.5, 0.6) is 11.5 Å². The van der Waals surface area contributed by atoms with E-state index in [0.717, 1.165) is 43.8 Å². The van der Waals surface area contributed by atoms with Crippen molar-refractivity contribution in [3.8, 4) is 11.5 Å². The predicted octanol–water partition coefficient (Wildman–Crippen LogP) is 1.89. The monoisotopic (exact) mass is 352 g/mol. The maximum absolute atomic E-state index is 11.6. The van der Waals surface area contributed by atoms with E-state index in [1.165, 1.54) is 0 Å². The van der Waals surface area contributed by atoms with Gasteiger partial charge in [-0.05, 0) is 24.5 Å². The summed E-state index contributed by atoms with van der Waals surface area (Å²) in [6, 6.07) is 3.80. The zero-order valence-electron chi connectivity index (χ0n) is 13.7. The number of rotatable bonds is 2. The van der Waals surface area contributed by atoms with Gasteiger partial charge >= 0.3 is 0 Å². The molecule has 2 saturated heterocycles. The number of hydrogen-bond acceptors (Lipinski definition) is 5. The van der Waals surface area contributed by atoms with Gasteiger partial charge in [-0.2, -0.15) is 0 Å². The number of ether oxygens (including phenoxy) is 3. The van der Waals surface area contributed by atoms with Crippen molar-refractivity contribution in [1.29, 1.82) is 0 Å². The van der Waals surface area contributed by atoms with Crippen LogP contribution in [0.3, 0.4) is 0 Å². The zero-order chi connectivity index (χ0) is 16.7. The van der Waals surface area contributed by atoms with Crippen LogP contribution >= 0.6 is 11.6 Å². The van der Waals surface area contributed by atoms with Crippen LogP contribution in [0.25, 0.3) is 0 Å². The molecule has 6 nitrogen and oxygen atoms in total. The van der Waals surface area contributed by atoms with E-state index in [-0.39, 0.29) is 24.9 Å². The predicted molar refractivity (Wildman–Crippen MR) is 88.4 cm³/mol. The summed E-state index contributed by atoms with van der Waals surface area (Å²) in [5, 5.41) is 0.707. The number of amides is 1. The Labute approximate surface area is 146 Å². The van der Waals surface area contributed by atoms with E-state index < -0.39 is 0 Å². The van der Waals surface area contributed by atoms with Crippen molar-refractivity contribution in [1.82, 2.24) is 9.80 Å². The fraction of sp³-hybridized carbons (Fsp3) is 0.588. The Hall–Kier alpha value is -1.50. The molecule has 24 heavy (non-hydrogen) atoms. The van der Waals surface area contributed by atoms with Crippen molar-refractivity contribution in [2.75, 3.05) is 40.1 Å².